The Morgan fingerprint density at radius 2 is 1.66 bits per heavy atom. The summed E-state index contributed by atoms with van der Waals surface area (Å²) in [6.07, 6.45) is 1.07. The summed E-state index contributed by atoms with van der Waals surface area (Å²) in [7, 11) is 0. The fourth-order valence-electron chi connectivity index (χ4n) is 3.44. The van der Waals surface area contributed by atoms with Crippen molar-refractivity contribution in [3.8, 4) is 11.3 Å². The molecule has 0 aliphatic rings. The maximum absolute atomic E-state index is 10.4. The van der Waals surface area contributed by atoms with Gasteiger partial charge in [-0.2, -0.15) is 0 Å². The minimum atomic E-state index is -0.0787. The number of benzene rings is 2. The van der Waals surface area contributed by atoms with E-state index in [0.717, 1.165) is 28.8 Å². The molecule has 0 saturated carbocycles. The normalized spacial score (nSPS) is 11.4. The molecule has 173 valence electrons. The molecule has 3 nitrogen and oxygen atoms in total. The van der Waals surface area contributed by atoms with Crippen LogP contribution in [-0.2, 0) is 31.3 Å². The summed E-state index contributed by atoms with van der Waals surface area (Å²) in [6, 6.07) is 16.6. The molecule has 3 rings (SSSR count). The molecule has 0 spiro atoms. The van der Waals surface area contributed by atoms with Gasteiger partial charge in [-0.3, -0.25) is 9.78 Å². The zero-order valence-electron chi connectivity index (χ0n) is 20.4. The number of nitrogens with zero attached hydrogens (tertiary/aromatic N) is 1. The van der Waals surface area contributed by atoms with Gasteiger partial charge in [0.1, 0.15) is 0 Å². The van der Waals surface area contributed by atoms with E-state index >= 15 is 0 Å². The second-order valence-corrected chi connectivity index (χ2v) is 8.81. The van der Waals surface area contributed by atoms with Crippen LogP contribution in [0.2, 0.25) is 0 Å². The molecule has 0 amide bonds. The van der Waals surface area contributed by atoms with Gasteiger partial charge in [0.2, 0.25) is 0 Å². The summed E-state index contributed by atoms with van der Waals surface area (Å²) in [5.74, 6) is 0.652. The van der Waals surface area contributed by atoms with E-state index < -0.39 is 0 Å². The monoisotopic (exact) mass is 609 g/mol. The zero-order chi connectivity index (χ0) is 23.3. The van der Waals surface area contributed by atoms with Crippen LogP contribution in [0.15, 0.2) is 47.7 Å². The van der Waals surface area contributed by atoms with Gasteiger partial charge in [0.05, 0.1) is 11.3 Å². The number of aryl methyl sites for hydroxylation is 3. The van der Waals surface area contributed by atoms with Crippen LogP contribution >= 0.6 is 0 Å². The van der Waals surface area contributed by atoms with Crippen molar-refractivity contribution in [3.63, 3.8) is 0 Å². The first-order valence-electron chi connectivity index (χ1n) is 10.8. The first-order chi connectivity index (χ1) is 14.5. The second kappa shape index (κ2) is 12.1. The summed E-state index contributed by atoms with van der Waals surface area (Å²) < 4.78 is 0. The minimum Gasteiger partial charge on any atom is -0.512 e. The summed E-state index contributed by atoms with van der Waals surface area (Å²) in [4.78, 5) is 15.3. The van der Waals surface area contributed by atoms with Crippen molar-refractivity contribution in [2.75, 3.05) is 0 Å². The standard InChI is InChI=1S/C22H24N.C6H10O2.Ir/c1-14(2)8-18-13-22(19-10-16(4)9-17(5)11-19)23-21-7-6-15(3)12-20(18)21;1-4(5(2)7)6(3)8;/h6-7,9-10,12-14H,8H2,1-5H3;7H,1-3H3;/q-1;;. The maximum atomic E-state index is 10.4. The summed E-state index contributed by atoms with van der Waals surface area (Å²) in [6.45, 7) is 15.4. The number of fused-ring (bicyclic) bond motifs is 1. The predicted molar refractivity (Wildman–Crippen MR) is 130 cm³/mol. The Kier molecular flexibility index (Phi) is 10.5. The maximum Gasteiger partial charge on any atom is 0.158 e. The van der Waals surface area contributed by atoms with E-state index in [9.17, 15) is 4.79 Å². The molecular formula is C28H34IrNO2-. The molecule has 3 aromatic rings. The number of rotatable bonds is 4. The van der Waals surface area contributed by atoms with Gasteiger partial charge in [-0.15, -0.1) is 34.9 Å². The Morgan fingerprint density at radius 1 is 1.00 bits per heavy atom. The Hall–Kier alpha value is -2.29. The van der Waals surface area contributed by atoms with Gasteiger partial charge in [-0.05, 0) is 63.4 Å². The molecule has 0 bridgehead atoms. The van der Waals surface area contributed by atoms with Crippen LogP contribution in [0.25, 0.3) is 22.2 Å². The fourth-order valence-corrected chi connectivity index (χ4v) is 3.44. The second-order valence-electron chi connectivity index (χ2n) is 8.81. The SMILES string of the molecule is CC(=O)C(C)=C(C)O.Cc1[c-]c(-c2cc(CC(C)C)c3cc(C)ccc3n2)cc(C)c1.[Ir]. The minimum absolute atomic E-state index is 0. The van der Waals surface area contributed by atoms with Crippen molar-refractivity contribution in [2.24, 2.45) is 5.92 Å². The zero-order valence-corrected chi connectivity index (χ0v) is 22.8. The number of aromatic nitrogens is 1. The van der Waals surface area contributed by atoms with E-state index in [0.29, 0.717) is 11.5 Å². The van der Waals surface area contributed by atoms with Crippen LogP contribution in [0.1, 0.15) is 56.9 Å². The molecule has 4 heteroatoms. The smallest absolute Gasteiger partial charge is 0.158 e. The van der Waals surface area contributed by atoms with Crippen LogP contribution < -0.4 is 0 Å². The van der Waals surface area contributed by atoms with Crippen molar-refractivity contribution < 1.29 is 30.0 Å². The molecule has 1 heterocycles. The first-order valence-corrected chi connectivity index (χ1v) is 10.8. The van der Waals surface area contributed by atoms with Crippen LogP contribution in [0, 0.1) is 32.8 Å². The molecule has 0 saturated heterocycles. The van der Waals surface area contributed by atoms with Crippen molar-refractivity contribution in [1.82, 2.24) is 4.98 Å². The van der Waals surface area contributed by atoms with Crippen molar-refractivity contribution in [2.45, 2.75) is 61.8 Å². The third-order valence-corrected chi connectivity index (χ3v) is 5.17. The largest absolute Gasteiger partial charge is 0.512 e. The van der Waals surface area contributed by atoms with E-state index in [4.69, 9.17) is 10.1 Å². The molecule has 0 fully saturated rings. The Bertz CT molecular complexity index is 1110. The number of hydrogen-bond acceptors (Lipinski definition) is 3. The van der Waals surface area contributed by atoms with E-state index in [2.05, 4.69) is 77.1 Å². The average Bonchev–Trinajstić information content (AvgIpc) is 2.66. The van der Waals surface area contributed by atoms with E-state index in [1.807, 2.05) is 0 Å². The summed E-state index contributed by atoms with van der Waals surface area (Å²) in [5.41, 5.74) is 8.73. The van der Waals surface area contributed by atoms with Crippen molar-refractivity contribution in [3.05, 3.63) is 76.1 Å². The third kappa shape index (κ3) is 7.69. The van der Waals surface area contributed by atoms with Crippen LogP contribution in [-0.4, -0.2) is 15.9 Å². The molecule has 0 aliphatic heterocycles. The van der Waals surface area contributed by atoms with Crippen LogP contribution in [0.5, 0.6) is 0 Å². The number of carbonyl (C=O) groups is 1. The number of aliphatic hydroxyl groups excluding tert-OH is 1. The van der Waals surface area contributed by atoms with Gasteiger partial charge in [0.25, 0.3) is 0 Å². The Balaban J connectivity index is 0.000000491. The average molecular weight is 609 g/mol. The molecule has 2 aromatic carbocycles. The number of ketones is 1. The summed E-state index contributed by atoms with van der Waals surface area (Å²) >= 11 is 0. The van der Waals surface area contributed by atoms with Gasteiger partial charge in [-0.1, -0.05) is 45.4 Å². The summed E-state index contributed by atoms with van der Waals surface area (Å²) in [5, 5.41) is 9.93. The molecule has 1 aromatic heterocycles. The number of pyridine rings is 1. The van der Waals surface area contributed by atoms with Gasteiger partial charge in [0, 0.05) is 31.1 Å². The number of Topliss-reactive ketones (excluding diaryl/α,β-unsaturated/α-hetero) is 1. The Labute approximate surface area is 206 Å². The van der Waals surface area contributed by atoms with E-state index in [1.165, 1.54) is 35.9 Å². The number of hydrogen-bond donors (Lipinski definition) is 1. The number of aliphatic hydroxyl groups is 1. The van der Waals surface area contributed by atoms with Crippen molar-refractivity contribution in [1.29, 1.82) is 0 Å². The predicted octanol–water partition coefficient (Wildman–Crippen LogP) is 7.25. The molecule has 0 aliphatic carbocycles. The quantitative estimate of drug-likeness (QED) is 0.193. The van der Waals surface area contributed by atoms with Gasteiger partial charge < -0.3 is 5.11 Å². The number of carbonyl (C=O) groups excluding carboxylic acids is 1. The van der Waals surface area contributed by atoms with Gasteiger partial charge in [0.15, 0.2) is 5.78 Å². The van der Waals surface area contributed by atoms with Gasteiger partial charge >= 0.3 is 0 Å². The van der Waals surface area contributed by atoms with Crippen LogP contribution in [0.3, 0.4) is 0 Å². The molecule has 0 atom stereocenters. The first kappa shape index (κ1) is 27.7. The molecular weight excluding hydrogens is 575 g/mol. The number of allylic oxidation sites excluding steroid dienone is 2. The topological polar surface area (TPSA) is 50.2 Å². The fraction of sp³-hybridized carbons (Fsp3) is 0.357. The molecule has 1 N–H and O–H groups in total. The molecule has 0 unspecified atom stereocenters. The Morgan fingerprint density at radius 3 is 2.16 bits per heavy atom. The van der Waals surface area contributed by atoms with E-state index in [-0.39, 0.29) is 31.6 Å². The molecule has 32 heavy (non-hydrogen) atoms. The van der Waals surface area contributed by atoms with E-state index in [1.54, 1.807) is 6.92 Å². The molecule has 1 radical (unpaired) electrons. The van der Waals surface area contributed by atoms with Gasteiger partial charge in [-0.25, -0.2) is 0 Å². The van der Waals surface area contributed by atoms with Crippen LogP contribution in [0.4, 0.5) is 0 Å². The third-order valence-electron chi connectivity index (χ3n) is 5.17. The van der Waals surface area contributed by atoms with Crippen molar-refractivity contribution >= 4 is 16.7 Å².